The first-order chi connectivity index (χ1) is 22.8. The van der Waals surface area contributed by atoms with Crippen LogP contribution in [0.15, 0.2) is 152 Å². The highest BCUT2D eigenvalue weighted by Gasteiger charge is 2.28. The largest absolute Gasteiger partial charge is 0.264 e. The summed E-state index contributed by atoms with van der Waals surface area (Å²) in [4.78, 5) is 24.8. The van der Waals surface area contributed by atoms with Gasteiger partial charge in [0.15, 0.2) is 17.3 Å². The maximum Gasteiger partial charge on any atom is 0.168 e. The maximum absolute atomic E-state index is 5.20. The van der Waals surface area contributed by atoms with Crippen LogP contribution in [-0.2, 0) is 0 Å². The third kappa shape index (κ3) is 4.45. The summed E-state index contributed by atoms with van der Waals surface area (Å²) in [5.74, 6) is 1.27. The van der Waals surface area contributed by atoms with Crippen LogP contribution in [0.25, 0.3) is 89.7 Å². The number of hydrogen-bond donors (Lipinski definition) is 0. The van der Waals surface area contributed by atoms with Crippen LogP contribution in [0.1, 0.15) is 0 Å². The molecule has 0 N–H and O–H groups in total. The molecule has 0 spiro atoms. The van der Waals surface area contributed by atoms with Crippen LogP contribution in [0.3, 0.4) is 0 Å². The number of hydrogen-bond acceptors (Lipinski definition) is 5. The highest BCUT2D eigenvalue weighted by molar-refractivity contribution is 6.11. The summed E-state index contributed by atoms with van der Waals surface area (Å²) in [5, 5.41) is 0.892. The minimum atomic E-state index is 0.635. The van der Waals surface area contributed by atoms with Gasteiger partial charge in [0.05, 0.1) is 16.8 Å². The van der Waals surface area contributed by atoms with E-state index in [0.717, 1.165) is 72.4 Å². The topological polar surface area (TPSA) is 64.5 Å². The van der Waals surface area contributed by atoms with E-state index in [1.54, 1.807) is 6.20 Å². The molecule has 5 heteroatoms. The minimum Gasteiger partial charge on any atom is -0.264 e. The Morgan fingerprint density at radius 2 is 0.826 bits per heavy atom. The van der Waals surface area contributed by atoms with E-state index in [4.69, 9.17) is 19.9 Å². The number of benzene rings is 5. The molecule has 1 aliphatic carbocycles. The quantitative estimate of drug-likeness (QED) is 0.201. The monoisotopic (exact) mass is 587 g/mol. The molecule has 9 rings (SSSR count). The van der Waals surface area contributed by atoms with Gasteiger partial charge in [-0.2, -0.15) is 0 Å². The third-order valence-corrected chi connectivity index (χ3v) is 8.54. The average molecular weight is 588 g/mol. The molecule has 8 aromatic rings. The van der Waals surface area contributed by atoms with Crippen molar-refractivity contribution in [3.63, 3.8) is 0 Å². The van der Waals surface area contributed by atoms with E-state index in [2.05, 4.69) is 114 Å². The lowest BCUT2D eigenvalue weighted by molar-refractivity contribution is 1.16. The first-order valence-corrected chi connectivity index (χ1v) is 15.3. The van der Waals surface area contributed by atoms with E-state index in [1.165, 1.54) is 0 Å². The molecule has 46 heavy (non-hydrogen) atoms. The molecule has 0 aliphatic heterocycles. The fourth-order valence-corrected chi connectivity index (χ4v) is 6.28. The molecule has 5 nitrogen and oxygen atoms in total. The molecule has 0 unspecified atom stereocenters. The molecular formula is C41H25N5. The van der Waals surface area contributed by atoms with Crippen molar-refractivity contribution in [1.82, 2.24) is 24.9 Å². The van der Waals surface area contributed by atoms with Crippen molar-refractivity contribution in [3.8, 4) is 78.7 Å². The first-order valence-electron chi connectivity index (χ1n) is 15.3. The Kier molecular flexibility index (Phi) is 6.06. The predicted molar refractivity (Wildman–Crippen MR) is 185 cm³/mol. The van der Waals surface area contributed by atoms with Gasteiger partial charge in [0, 0.05) is 34.6 Å². The molecule has 0 radical (unpaired) electrons. The molecule has 0 atom stereocenters. The zero-order chi connectivity index (χ0) is 30.5. The van der Waals surface area contributed by atoms with Crippen molar-refractivity contribution in [2.75, 3.05) is 0 Å². The number of nitrogens with zero attached hydrogens (tertiary/aromatic N) is 5. The summed E-state index contributed by atoms with van der Waals surface area (Å²) < 4.78 is 0. The van der Waals surface area contributed by atoms with Crippen LogP contribution in [-0.4, -0.2) is 24.9 Å². The smallest absolute Gasteiger partial charge is 0.168 e. The predicted octanol–water partition coefficient (Wildman–Crippen LogP) is 9.80. The number of fused-ring (bicyclic) bond motifs is 3. The zero-order valence-electron chi connectivity index (χ0n) is 24.7. The van der Waals surface area contributed by atoms with Gasteiger partial charge in [-0.15, -0.1) is 0 Å². The van der Waals surface area contributed by atoms with E-state index >= 15 is 0 Å². The normalized spacial score (nSPS) is 11.5. The first kappa shape index (κ1) is 26.1. The van der Waals surface area contributed by atoms with Crippen LogP contribution in [0.2, 0.25) is 0 Å². The summed E-state index contributed by atoms with van der Waals surface area (Å²) in [7, 11) is 0. The summed E-state index contributed by atoms with van der Waals surface area (Å²) >= 11 is 0. The van der Waals surface area contributed by atoms with E-state index in [-0.39, 0.29) is 0 Å². The highest BCUT2D eigenvalue weighted by Crippen LogP contribution is 2.46. The lowest BCUT2D eigenvalue weighted by atomic mass is 9.96. The van der Waals surface area contributed by atoms with Crippen molar-refractivity contribution in [2.24, 2.45) is 0 Å². The highest BCUT2D eigenvalue weighted by atomic mass is 15.0. The molecule has 1 aliphatic rings. The van der Waals surface area contributed by atoms with Gasteiger partial charge < -0.3 is 0 Å². The van der Waals surface area contributed by atoms with Gasteiger partial charge in [-0.3, -0.25) is 4.98 Å². The van der Waals surface area contributed by atoms with E-state index in [9.17, 15) is 0 Å². The molecule has 0 bridgehead atoms. The van der Waals surface area contributed by atoms with Crippen LogP contribution in [0.5, 0.6) is 0 Å². The zero-order valence-corrected chi connectivity index (χ0v) is 24.7. The third-order valence-electron chi connectivity index (χ3n) is 8.54. The lowest BCUT2D eigenvalue weighted by Gasteiger charge is -2.12. The molecule has 3 aromatic heterocycles. The van der Waals surface area contributed by atoms with Crippen LogP contribution in [0.4, 0.5) is 0 Å². The Hall–Kier alpha value is -6.33. The molecule has 0 amide bonds. The van der Waals surface area contributed by atoms with Gasteiger partial charge in [0.25, 0.3) is 0 Å². The van der Waals surface area contributed by atoms with E-state index < -0.39 is 0 Å². The van der Waals surface area contributed by atoms with Crippen molar-refractivity contribution in [3.05, 3.63) is 152 Å². The van der Waals surface area contributed by atoms with Gasteiger partial charge in [-0.05, 0) is 57.6 Å². The minimum absolute atomic E-state index is 0.635. The average Bonchev–Trinajstić information content (AvgIpc) is 3.46. The Morgan fingerprint density at radius 3 is 1.39 bits per heavy atom. The van der Waals surface area contributed by atoms with Crippen LogP contribution in [0, 0.1) is 0 Å². The molecule has 0 saturated heterocycles. The van der Waals surface area contributed by atoms with Gasteiger partial charge in [-0.25, -0.2) is 19.9 Å². The molecule has 5 aromatic carbocycles. The van der Waals surface area contributed by atoms with Crippen LogP contribution < -0.4 is 0 Å². The number of rotatable bonds is 5. The summed E-state index contributed by atoms with van der Waals surface area (Å²) in [6.45, 7) is 0. The lowest BCUT2D eigenvalue weighted by Crippen LogP contribution is -1.99. The molecule has 3 heterocycles. The van der Waals surface area contributed by atoms with Crippen molar-refractivity contribution < 1.29 is 0 Å². The Bertz CT molecular complexity index is 2330. The molecular weight excluding hydrogens is 562 g/mol. The Morgan fingerprint density at radius 1 is 0.348 bits per heavy atom. The summed E-state index contributed by atoms with van der Waals surface area (Å²) in [5.41, 5.74) is 13.0. The van der Waals surface area contributed by atoms with Crippen molar-refractivity contribution >= 4 is 11.0 Å². The maximum atomic E-state index is 5.20. The van der Waals surface area contributed by atoms with E-state index in [0.29, 0.717) is 17.3 Å². The van der Waals surface area contributed by atoms with E-state index in [1.807, 2.05) is 36.5 Å². The van der Waals surface area contributed by atoms with Gasteiger partial charge >= 0.3 is 0 Å². The van der Waals surface area contributed by atoms with Gasteiger partial charge in [-0.1, -0.05) is 115 Å². The molecule has 0 saturated carbocycles. The van der Waals surface area contributed by atoms with Gasteiger partial charge in [0.1, 0.15) is 0 Å². The molecule has 0 fully saturated rings. The van der Waals surface area contributed by atoms with Crippen molar-refractivity contribution in [1.29, 1.82) is 0 Å². The SMILES string of the molecule is c1ccc(-c2cc(-c3ccccc3)cc(-c3nc4c5c(nc(-c6ccc(-c7cccnc7)cc6)nc5n3)-c3ccccc3-4)c2)cc1. The summed E-state index contributed by atoms with van der Waals surface area (Å²) in [6, 6.07) is 48.1. The van der Waals surface area contributed by atoms with Crippen molar-refractivity contribution in [2.45, 2.75) is 0 Å². The summed E-state index contributed by atoms with van der Waals surface area (Å²) in [6.07, 6.45) is 3.65. The Labute approximate surface area is 266 Å². The molecule has 214 valence electrons. The second-order valence-electron chi connectivity index (χ2n) is 11.4. The second kappa shape index (κ2) is 10.7. The fourth-order valence-electron chi connectivity index (χ4n) is 6.28. The number of pyridine rings is 1. The Balaban J connectivity index is 1.24. The standard InChI is InChI=1S/C41H25N5/c1-3-10-26(11-4-1)31-22-32(27-12-5-2-6-13-27)24-33(23-31)40-44-38-35-16-8-7-15-34(35)37-36(38)41(46-40)45-39(43-37)29-19-17-28(18-20-29)30-14-9-21-42-25-30/h1-25H. The van der Waals surface area contributed by atoms with Crippen LogP contribution >= 0.6 is 0 Å². The fraction of sp³-hybridized carbons (Fsp3) is 0. The number of aromatic nitrogens is 5. The van der Waals surface area contributed by atoms with Gasteiger partial charge in [0.2, 0.25) is 0 Å². The second-order valence-corrected chi connectivity index (χ2v) is 11.4.